The number of hydrogen-bond donors (Lipinski definition) is 2. The maximum Gasteiger partial charge on any atom is 0.235 e. The van der Waals surface area contributed by atoms with E-state index in [0.29, 0.717) is 6.54 Å². The third-order valence-corrected chi connectivity index (χ3v) is 2.69. The third-order valence-electron chi connectivity index (χ3n) is 2.69. The first-order chi connectivity index (χ1) is 8.47. The lowest BCUT2D eigenvalue weighted by atomic mass is 9.89. The maximum absolute atomic E-state index is 12.1. The van der Waals surface area contributed by atoms with Crippen LogP contribution in [0.25, 0.3) is 0 Å². The van der Waals surface area contributed by atoms with E-state index in [-0.39, 0.29) is 17.4 Å². The van der Waals surface area contributed by atoms with Gasteiger partial charge in [-0.1, -0.05) is 0 Å². The van der Waals surface area contributed by atoms with Crippen LogP contribution in [0.15, 0.2) is 0 Å². The van der Waals surface area contributed by atoms with Crippen molar-refractivity contribution in [2.24, 2.45) is 5.41 Å². The van der Waals surface area contributed by atoms with Gasteiger partial charge in [-0.25, -0.2) is 0 Å². The molecule has 5 heteroatoms. The molecule has 5 nitrogen and oxygen atoms in total. The standard InChI is InChI=1S/C14H29N3O2/c1-13(2,3)16-12(19)14(4,5)11(18)15-9-8-10-17(6)7/h8-10H2,1-7H3,(H,15,18)(H,16,19). The Balaban J connectivity index is 4.31. The number of nitrogens with one attached hydrogen (secondary N) is 2. The van der Waals surface area contributed by atoms with Crippen molar-refractivity contribution < 1.29 is 9.59 Å². The van der Waals surface area contributed by atoms with Gasteiger partial charge >= 0.3 is 0 Å². The Morgan fingerprint density at radius 2 is 1.53 bits per heavy atom. The highest BCUT2D eigenvalue weighted by atomic mass is 16.2. The average Bonchev–Trinajstić information content (AvgIpc) is 2.21. The highest BCUT2D eigenvalue weighted by molar-refractivity contribution is 6.04. The van der Waals surface area contributed by atoms with Crippen molar-refractivity contribution in [3.05, 3.63) is 0 Å². The molecule has 0 aromatic rings. The Labute approximate surface area is 117 Å². The molecular weight excluding hydrogens is 242 g/mol. The number of amides is 2. The Morgan fingerprint density at radius 3 is 1.95 bits per heavy atom. The predicted octanol–water partition coefficient (Wildman–Crippen LogP) is 0.995. The lowest BCUT2D eigenvalue weighted by molar-refractivity contribution is -0.142. The summed E-state index contributed by atoms with van der Waals surface area (Å²) in [7, 11) is 3.98. The van der Waals surface area contributed by atoms with Crippen molar-refractivity contribution in [1.82, 2.24) is 15.5 Å². The molecule has 0 bridgehead atoms. The molecule has 0 aromatic carbocycles. The van der Waals surface area contributed by atoms with Crippen LogP contribution in [-0.4, -0.2) is 49.4 Å². The monoisotopic (exact) mass is 271 g/mol. The van der Waals surface area contributed by atoms with Crippen LogP contribution in [0.5, 0.6) is 0 Å². The van der Waals surface area contributed by atoms with E-state index in [1.807, 2.05) is 34.9 Å². The summed E-state index contributed by atoms with van der Waals surface area (Å²) in [6, 6.07) is 0. The van der Waals surface area contributed by atoms with Gasteiger partial charge in [-0.3, -0.25) is 9.59 Å². The molecule has 2 N–H and O–H groups in total. The van der Waals surface area contributed by atoms with Gasteiger partial charge in [0.1, 0.15) is 5.41 Å². The van der Waals surface area contributed by atoms with Crippen LogP contribution in [0.1, 0.15) is 41.0 Å². The van der Waals surface area contributed by atoms with Crippen molar-refractivity contribution in [1.29, 1.82) is 0 Å². The largest absolute Gasteiger partial charge is 0.355 e. The van der Waals surface area contributed by atoms with Gasteiger partial charge in [-0.2, -0.15) is 0 Å². The molecule has 0 radical (unpaired) electrons. The van der Waals surface area contributed by atoms with E-state index in [1.54, 1.807) is 13.8 Å². The van der Waals surface area contributed by atoms with Crippen LogP contribution >= 0.6 is 0 Å². The molecule has 0 heterocycles. The van der Waals surface area contributed by atoms with Gasteiger partial charge in [0, 0.05) is 12.1 Å². The summed E-state index contributed by atoms with van der Waals surface area (Å²) in [5, 5.41) is 5.66. The highest BCUT2D eigenvalue weighted by Gasteiger charge is 2.37. The summed E-state index contributed by atoms with van der Waals surface area (Å²) in [6.07, 6.45) is 0.871. The van der Waals surface area contributed by atoms with Gasteiger partial charge in [0.2, 0.25) is 11.8 Å². The normalized spacial score (nSPS) is 12.4. The van der Waals surface area contributed by atoms with E-state index >= 15 is 0 Å². The fourth-order valence-corrected chi connectivity index (χ4v) is 1.42. The molecule has 0 aromatic heterocycles. The zero-order chi connectivity index (χ0) is 15.3. The summed E-state index contributed by atoms with van der Waals surface area (Å²) in [5.74, 6) is -0.474. The van der Waals surface area contributed by atoms with E-state index in [0.717, 1.165) is 13.0 Å². The molecule has 0 aliphatic carbocycles. The van der Waals surface area contributed by atoms with Crippen molar-refractivity contribution in [3.63, 3.8) is 0 Å². The first kappa shape index (κ1) is 17.9. The molecule has 112 valence electrons. The van der Waals surface area contributed by atoms with Gasteiger partial charge < -0.3 is 15.5 Å². The number of carbonyl (C=O) groups excluding carboxylic acids is 2. The van der Waals surface area contributed by atoms with E-state index in [9.17, 15) is 9.59 Å². The van der Waals surface area contributed by atoms with Crippen LogP contribution in [0, 0.1) is 5.41 Å². The van der Waals surface area contributed by atoms with Gasteiger partial charge in [-0.05, 0) is 61.7 Å². The van der Waals surface area contributed by atoms with Crippen molar-refractivity contribution in [3.8, 4) is 0 Å². The molecule has 0 spiro atoms. The second-order valence-corrected chi connectivity index (χ2v) is 6.74. The van der Waals surface area contributed by atoms with E-state index < -0.39 is 5.41 Å². The van der Waals surface area contributed by atoms with Crippen LogP contribution in [-0.2, 0) is 9.59 Å². The smallest absolute Gasteiger partial charge is 0.235 e. The topological polar surface area (TPSA) is 61.4 Å². The minimum absolute atomic E-state index is 0.229. The molecule has 0 rings (SSSR count). The van der Waals surface area contributed by atoms with Crippen LogP contribution in [0.2, 0.25) is 0 Å². The van der Waals surface area contributed by atoms with Crippen molar-refractivity contribution in [2.75, 3.05) is 27.2 Å². The summed E-state index contributed by atoms with van der Waals surface area (Å²) in [5.41, 5.74) is -1.38. The quantitative estimate of drug-likeness (QED) is 0.559. The van der Waals surface area contributed by atoms with Crippen LogP contribution < -0.4 is 10.6 Å². The molecule has 0 unspecified atom stereocenters. The van der Waals surface area contributed by atoms with E-state index in [4.69, 9.17) is 0 Å². The fraction of sp³-hybridized carbons (Fsp3) is 0.857. The summed E-state index contributed by atoms with van der Waals surface area (Å²) < 4.78 is 0. The van der Waals surface area contributed by atoms with Gasteiger partial charge in [0.05, 0.1) is 0 Å². The van der Waals surface area contributed by atoms with Gasteiger partial charge in [-0.15, -0.1) is 0 Å². The van der Waals surface area contributed by atoms with Crippen molar-refractivity contribution in [2.45, 2.75) is 46.6 Å². The maximum atomic E-state index is 12.1. The number of hydrogen-bond acceptors (Lipinski definition) is 3. The van der Waals surface area contributed by atoms with Crippen LogP contribution in [0.4, 0.5) is 0 Å². The van der Waals surface area contributed by atoms with Gasteiger partial charge in [0.25, 0.3) is 0 Å². The molecule has 19 heavy (non-hydrogen) atoms. The van der Waals surface area contributed by atoms with E-state index in [1.165, 1.54) is 0 Å². The molecule has 0 aliphatic heterocycles. The van der Waals surface area contributed by atoms with Crippen LogP contribution in [0.3, 0.4) is 0 Å². The summed E-state index contributed by atoms with van der Waals surface area (Å²) in [4.78, 5) is 26.2. The second kappa shape index (κ2) is 6.89. The molecule has 0 atom stereocenters. The molecule has 2 amide bonds. The third kappa shape index (κ3) is 7.15. The minimum atomic E-state index is -1.05. The zero-order valence-electron chi connectivity index (χ0n) is 13.4. The van der Waals surface area contributed by atoms with Crippen molar-refractivity contribution >= 4 is 11.8 Å². The Bertz CT molecular complexity index is 317. The minimum Gasteiger partial charge on any atom is -0.355 e. The fourth-order valence-electron chi connectivity index (χ4n) is 1.42. The molecule has 0 saturated heterocycles. The number of rotatable bonds is 6. The lowest BCUT2D eigenvalue weighted by Crippen LogP contribution is -2.53. The first-order valence-electron chi connectivity index (χ1n) is 6.72. The Kier molecular flexibility index (Phi) is 6.49. The summed E-state index contributed by atoms with van der Waals surface area (Å²) in [6.45, 7) is 10.5. The zero-order valence-corrected chi connectivity index (χ0v) is 13.4. The Morgan fingerprint density at radius 1 is 1.00 bits per heavy atom. The van der Waals surface area contributed by atoms with E-state index in [2.05, 4.69) is 15.5 Å². The first-order valence-corrected chi connectivity index (χ1v) is 6.72. The molecule has 0 fully saturated rings. The lowest BCUT2D eigenvalue weighted by Gasteiger charge is -2.28. The second-order valence-electron chi connectivity index (χ2n) is 6.74. The molecular formula is C14H29N3O2. The average molecular weight is 271 g/mol. The predicted molar refractivity (Wildman–Crippen MR) is 77.9 cm³/mol. The van der Waals surface area contributed by atoms with Gasteiger partial charge in [0.15, 0.2) is 0 Å². The number of nitrogens with zero attached hydrogens (tertiary/aromatic N) is 1. The summed E-state index contributed by atoms with van der Waals surface area (Å²) >= 11 is 0. The highest BCUT2D eigenvalue weighted by Crippen LogP contribution is 2.17. The molecule has 0 aliphatic rings. The number of carbonyl (C=O) groups is 2. The molecule has 0 saturated carbocycles. The SMILES string of the molecule is CN(C)CCCNC(=O)C(C)(C)C(=O)NC(C)(C)C. The Hall–Kier alpha value is -1.10.